The number of rotatable bonds is 3. The Bertz CT molecular complexity index is 585. The largest absolute Gasteiger partial charge is 0.0918 e. The molecule has 2 aromatic rings. The van der Waals surface area contributed by atoms with E-state index < -0.39 is 0 Å². The number of alkyl halides is 1. The quantitative estimate of drug-likeness (QED) is 0.679. The molecule has 1 unspecified atom stereocenters. The first-order valence-electron chi connectivity index (χ1n) is 7.43. The normalized spacial score (nSPS) is 21.5. The van der Waals surface area contributed by atoms with Crippen LogP contribution in [0.3, 0.4) is 0 Å². The number of hydrogen-bond donors (Lipinski definition) is 0. The lowest BCUT2D eigenvalue weighted by molar-refractivity contribution is 0.401. The Morgan fingerprint density at radius 2 is 1.80 bits per heavy atom. The number of hydrogen-bond acceptors (Lipinski definition) is 0. The highest BCUT2D eigenvalue weighted by atomic mass is 79.9. The third-order valence-electron chi connectivity index (χ3n) is 4.61. The average Bonchev–Trinajstić information content (AvgIpc) is 2.50. The molecule has 0 spiro atoms. The predicted octanol–water partition coefficient (Wildman–Crippen LogP) is 5.21. The van der Waals surface area contributed by atoms with E-state index in [0.717, 1.165) is 11.8 Å². The Morgan fingerprint density at radius 1 is 1.05 bits per heavy atom. The van der Waals surface area contributed by atoms with Crippen LogP contribution < -0.4 is 0 Å². The van der Waals surface area contributed by atoms with Gasteiger partial charge in [0.1, 0.15) is 0 Å². The van der Waals surface area contributed by atoms with Gasteiger partial charge in [0, 0.05) is 10.7 Å². The van der Waals surface area contributed by atoms with Crippen molar-refractivity contribution in [1.82, 2.24) is 0 Å². The van der Waals surface area contributed by atoms with Crippen LogP contribution in [0.15, 0.2) is 48.5 Å². The fourth-order valence-corrected chi connectivity index (χ4v) is 4.25. The van der Waals surface area contributed by atoms with Crippen LogP contribution in [0.2, 0.25) is 0 Å². The van der Waals surface area contributed by atoms with E-state index in [2.05, 4.69) is 71.4 Å². The zero-order valence-corrected chi connectivity index (χ0v) is 13.6. The van der Waals surface area contributed by atoms with Crippen LogP contribution in [0.5, 0.6) is 0 Å². The molecule has 2 aromatic carbocycles. The highest BCUT2D eigenvalue weighted by Crippen LogP contribution is 2.41. The lowest BCUT2D eigenvalue weighted by Crippen LogP contribution is -2.35. The summed E-state index contributed by atoms with van der Waals surface area (Å²) in [6.07, 6.45) is 4.95. The van der Waals surface area contributed by atoms with Gasteiger partial charge < -0.3 is 0 Å². The minimum absolute atomic E-state index is 0.268. The Morgan fingerprint density at radius 3 is 2.55 bits per heavy atom. The Kier molecular flexibility index (Phi) is 3.98. The van der Waals surface area contributed by atoms with E-state index in [9.17, 15) is 0 Å². The minimum atomic E-state index is 0.268. The fraction of sp³-hybridized carbons (Fsp3) is 0.368. The second-order valence-electron chi connectivity index (χ2n) is 6.09. The van der Waals surface area contributed by atoms with Crippen molar-refractivity contribution in [1.29, 1.82) is 0 Å². The van der Waals surface area contributed by atoms with E-state index in [1.165, 1.54) is 30.4 Å². The standard InChI is InChI=1S/C19H21Br/c1-15-8-10-16(11-9-15)13-19(14-20)12-4-6-17-5-2-3-7-18(17)19/h2-3,5,7-11H,4,6,12-14H2,1H3. The highest BCUT2D eigenvalue weighted by Gasteiger charge is 2.35. The Labute approximate surface area is 130 Å². The molecule has 1 heteroatoms. The van der Waals surface area contributed by atoms with Gasteiger partial charge in [-0.2, -0.15) is 0 Å². The van der Waals surface area contributed by atoms with E-state index >= 15 is 0 Å². The molecule has 0 N–H and O–H groups in total. The summed E-state index contributed by atoms with van der Waals surface area (Å²) >= 11 is 3.81. The summed E-state index contributed by atoms with van der Waals surface area (Å²) in [7, 11) is 0. The summed E-state index contributed by atoms with van der Waals surface area (Å²) < 4.78 is 0. The molecule has 104 valence electrons. The lowest BCUT2D eigenvalue weighted by atomic mass is 9.68. The van der Waals surface area contributed by atoms with Gasteiger partial charge in [0.15, 0.2) is 0 Å². The van der Waals surface area contributed by atoms with E-state index in [4.69, 9.17) is 0 Å². The molecule has 0 fully saturated rings. The zero-order chi connectivity index (χ0) is 14.0. The van der Waals surface area contributed by atoms with Crippen molar-refractivity contribution in [2.24, 2.45) is 0 Å². The van der Waals surface area contributed by atoms with Gasteiger partial charge in [-0.05, 0) is 49.3 Å². The molecule has 1 aliphatic rings. The van der Waals surface area contributed by atoms with Crippen LogP contribution in [0.25, 0.3) is 0 Å². The van der Waals surface area contributed by atoms with Crippen molar-refractivity contribution in [3.8, 4) is 0 Å². The molecule has 0 amide bonds. The van der Waals surface area contributed by atoms with Crippen LogP contribution in [0, 0.1) is 6.92 Å². The maximum atomic E-state index is 3.81. The van der Waals surface area contributed by atoms with Crippen LogP contribution in [-0.4, -0.2) is 5.33 Å². The average molecular weight is 329 g/mol. The first kappa shape index (κ1) is 13.9. The van der Waals surface area contributed by atoms with Gasteiger partial charge >= 0.3 is 0 Å². The minimum Gasteiger partial charge on any atom is -0.0918 e. The lowest BCUT2D eigenvalue weighted by Gasteiger charge is -2.38. The number of fused-ring (bicyclic) bond motifs is 1. The van der Waals surface area contributed by atoms with Gasteiger partial charge in [-0.15, -0.1) is 0 Å². The van der Waals surface area contributed by atoms with Crippen LogP contribution in [0.1, 0.15) is 35.1 Å². The molecule has 0 heterocycles. The summed E-state index contributed by atoms with van der Waals surface area (Å²) in [4.78, 5) is 0. The molecular weight excluding hydrogens is 308 g/mol. The van der Waals surface area contributed by atoms with Gasteiger partial charge in [-0.25, -0.2) is 0 Å². The predicted molar refractivity (Wildman–Crippen MR) is 89.7 cm³/mol. The first-order chi connectivity index (χ1) is 9.73. The second-order valence-corrected chi connectivity index (χ2v) is 6.65. The third kappa shape index (κ3) is 2.56. The van der Waals surface area contributed by atoms with Gasteiger partial charge in [0.25, 0.3) is 0 Å². The van der Waals surface area contributed by atoms with Crippen molar-refractivity contribution >= 4 is 15.9 Å². The van der Waals surface area contributed by atoms with Gasteiger partial charge in [0.05, 0.1) is 0 Å². The zero-order valence-electron chi connectivity index (χ0n) is 12.0. The van der Waals surface area contributed by atoms with Crippen LogP contribution in [-0.2, 0) is 18.3 Å². The Hall–Kier alpha value is -1.08. The molecule has 3 rings (SSSR count). The van der Waals surface area contributed by atoms with Crippen molar-refractivity contribution in [2.45, 2.75) is 38.0 Å². The fourth-order valence-electron chi connectivity index (χ4n) is 3.47. The molecule has 0 aromatic heterocycles. The third-order valence-corrected chi connectivity index (χ3v) is 5.68. The summed E-state index contributed by atoms with van der Waals surface area (Å²) in [6, 6.07) is 18.0. The molecule has 0 saturated carbocycles. The number of benzene rings is 2. The molecule has 0 saturated heterocycles. The number of halogens is 1. The maximum absolute atomic E-state index is 3.81. The van der Waals surface area contributed by atoms with E-state index in [0.29, 0.717) is 0 Å². The molecule has 0 aliphatic heterocycles. The summed E-state index contributed by atoms with van der Waals surface area (Å²) in [5.41, 5.74) is 6.16. The maximum Gasteiger partial charge on any atom is 0.0132 e. The molecule has 1 aliphatic carbocycles. The summed E-state index contributed by atoms with van der Waals surface area (Å²) in [5.74, 6) is 0. The van der Waals surface area contributed by atoms with Crippen molar-refractivity contribution in [2.75, 3.05) is 5.33 Å². The van der Waals surface area contributed by atoms with Gasteiger partial charge in [-0.3, -0.25) is 0 Å². The van der Waals surface area contributed by atoms with Crippen molar-refractivity contribution in [3.05, 3.63) is 70.8 Å². The molecular formula is C19H21Br. The van der Waals surface area contributed by atoms with Gasteiger partial charge in [0.2, 0.25) is 0 Å². The first-order valence-corrected chi connectivity index (χ1v) is 8.56. The SMILES string of the molecule is Cc1ccc(CC2(CBr)CCCc3ccccc32)cc1. The summed E-state index contributed by atoms with van der Waals surface area (Å²) in [5, 5.41) is 1.05. The number of aryl methyl sites for hydroxylation is 2. The van der Waals surface area contributed by atoms with E-state index in [-0.39, 0.29) is 5.41 Å². The molecule has 0 bridgehead atoms. The molecule has 0 nitrogen and oxygen atoms in total. The molecule has 20 heavy (non-hydrogen) atoms. The smallest absolute Gasteiger partial charge is 0.0132 e. The van der Waals surface area contributed by atoms with Gasteiger partial charge in [-0.1, -0.05) is 70.0 Å². The monoisotopic (exact) mass is 328 g/mol. The Balaban J connectivity index is 1.98. The second kappa shape index (κ2) is 5.73. The molecule has 1 atom stereocenters. The van der Waals surface area contributed by atoms with Crippen molar-refractivity contribution in [3.63, 3.8) is 0 Å². The van der Waals surface area contributed by atoms with Crippen LogP contribution in [0.4, 0.5) is 0 Å². The van der Waals surface area contributed by atoms with Crippen molar-refractivity contribution < 1.29 is 0 Å². The molecule has 0 radical (unpaired) electrons. The van der Waals surface area contributed by atoms with E-state index in [1.54, 1.807) is 11.1 Å². The van der Waals surface area contributed by atoms with Crippen LogP contribution >= 0.6 is 15.9 Å². The highest BCUT2D eigenvalue weighted by molar-refractivity contribution is 9.09. The van der Waals surface area contributed by atoms with E-state index in [1.807, 2.05) is 0 Å². The summed E-state index contributed by atoms with van der Waals surface area (Å²) in [6.45, 7) is 2.15. The topological polar surface area (TPSA) is 0 Å².